The molecule has 0 amide bonds. The quantitative estimate of drug-likeness (QED) is 0.653. The van der Waals surface area contributed by atoms with Crippen LogP contribution in [0.25, 0.3) is 0 Å². The van der Waals surface area contributed by atoms with Crippen LogP contribution in [0.1, 0.15) is 58.2 Å². The van der Waals surface area contributed by atoms with Crippen LogP contribution >= 0.6 is 0 Å². The van der Waals surface area contributed by atoms with Gasteiger partial charge in [0.2, 0.25) is 0 Å². The van der Waals surface area contributed by atoms with E-state index in [1.54, 1.807) is 0 Å². The number of anilines is 2. The van der Waals surface area contributed by atoms with Gasteiger partial charge in [-0.3, -0.25) is 0 Å². The molecule has 5 heteroatoms. The Morgan fingerprint density at radius 3 is 2.48 bits per heavy atom. The van der Waals surface area contributed by atoms with Crippen molar-refractivity contribution in [1.82, 2.24) is 9.97 Å². The van der Waals surface area contributed by atoms with Crippen LogP contribution in [0.5, 0.6) is 0 Å². The van der Waals surface area contributed by atoms with E-state index in [0.29, 0.717) is 5.92 Å². The molecule has 21 heavy (non-hydrogen) atoms. The lowest BCUT2D eigenvalue weighted by Gasteiger charge is -2.24. The van der Waals surface area contributed by atoms with Crippen LogP contribution in [0.4, 0.5) is 11.6 Å². The number of aromatic nitrogens is 2. The summed E-state index contributed by atoms with van der Waals surface area (Å²) in [6.45, 7) is 8.38. The minimum Gasteiger partial charge on any atom is -0.396 e. The molecule has 1 aliphatic rings. The van der Waals surface area contributed by atoms with E-state index < -0.39 is 0 Å². The van der Waals surface area contributed by atoms with Crippen LogP contribution in [-0.2, 0) is 0 Å². The van der Waals surface area contributed by atoms with Crippen LogP contribution in [0.2, 0.25) is 0 Å². The number of aliphatic hydroxyl groups excluding tert-OH is 1. The first-order valence-electron chi connectivity index (χ1n) is 8.01. The zero-order valence-electron chi connectivity index (χ0n) is 13.4. The summed E-state index contributed by atoms with van der Waals surface area (Å²) in [5.74, 6) is 3.30. The molecule has 0 saturated heterocycles. The summed E-state index contributed by atoms with van der Waals surface area (Å²) in [5, 5.41) is 15.9. The fraction of sp³-hybridized carbons (Fsp3) is 0.750. The highest BCUT2D eigenvalue weighted by molar-refractivity contribution is 5.48. The van der Waals surface area contributed by atoms with Crippen molar-refractivity contribution in [1.29, 1.82) is 0 Å². The lowest BCUT2D eigenvalue weighted by Crippen LogP contribution is -2.25. The molecule has 3 N–H and O–H groups in total. The predicted octanol–water partition coefficient (Wildman–Crippen LogP) is 3.00. The van der Waals surface area contributed by atoms with Crippen LogP contribution in [0.15, 0.2) is 6.07 Å². The van der Waals surface area contributed by atoms with Crippen LogP contribution < -0.4 is 10.6 Å². The predicted molar refractivity (Wildman–Crippen MR) is 86.8 cm³/mol. The van der Waals surface area contributed by atoms with Crippen molar-refractivity contribution in [2.45, 2.75) is 52.4 Å². The van der Waals surface area contributed by atoms with Crippen LogP contribution in [-0.4, -0.2) is 34.8 Å². The number of rotatable bonds is 9. The Bertz CT molecular complexity index is 458. The Morgan fingerprint density at radius 2 is 1.90 bits per heavy atom. The minimum absolute atomic E-state index is 0.0520. The molecule has 1 aliphatic carbocycles. The molecule has 1 heterocycles. The second-order valence-corrected chi connectivity index (χ2v) is 6.69. The van der Waals surface area contributed by atoms with Crippen LogP contribution in [0, 0.1) is 5.41 Å². The first kappa shape index (κ1) is 16.0. The summed E-state index contributed by atoms with van der Waals surface area (Å²) in [7, 11) is 0. The molecule has 0 unspecified atom stereocenters. The molecule has 0 aliphatic heterocycles. The summed E-state index contributed by atoms with van der Waals surface area (Å²) in [5.41, 5.74) is 0.0520. The van der Waals surface area contributed by atoms with Gasteiger partial charge < -0.3 is 15.7 Å². The van der Waals surface area contributed by atoms with Gasteiger partial charge >= 0.3 is 0 Å². The summed E-state index contributed by atoms with van der Waals surface area (Å²) >= 11 is 0. The van der Waals surface area contributed by atoms with E-state index in [2.05, 4.69) is 41.4 Å². The van der Waals surface area contributed by atoms with Crippen molar-refractivity contribution in [3.63, 3.8) is 0 Å². The largest absolute Gasteiger partial charge is 0.396 e. The lowest BCUT2D eigenvalue weighted by atomic mass is 9.90. The molecule has 118 valence electrons. The highest BCUT2D eigenvalue weighted by Crippen LogP contribution is 2.38. The van der Waals surface area contributed by atoms with Crippen molar-refractivity contribution in [3.8, 4) is 0 Å². The van der Waals surface area contributed by atoms with Crippen molar-refractivity contribution < 1.29 is 5.11 Å². The molecule has 1 aromatic heterocycles. The van der Waals surface area contributed by atoms with Gasteiger partial charge in [-0.1, -0.05) is 20.8 Å². The molecule has 0 radical (unpaired) electrons. The van der Waals surface area contributed by atoms with Gasteiger partial charge in [0.1, 0.15) is 17.5 Å². The highest BCUT2D eigenvalue weighted by Gasteiger charge is 2.27. The fourth-order valence-corrected chi connectivity index (χ4v) is 2.15. The highest BCUT2D eigenvalue weighted by atomic mass is 16.3. The van der Waals surface area contributed by atoms with E-state index in [1.807, 2.05) is 6.07 Å². The third-order valence-corrected chi connectivity index (χ3v) is 3.78. The van der Waals surface area contributed by atoms with E-state index >= 15 is 0 Å². The van der Waals surface area contributed by atoms with Gasteiger partial charge in [-0.15, -0.1) is 0 Å². The Balaban J connectivity index is 2.04. The molecule has 0 atom stereocenters. The summed E-state index contributed by atoms with van der Waals surface area (Å²) in [4.78, 5) is 9.25. The van der Waals surface area contributed by atoms with Gasteiger partial charge in [0, 0.05) is 31.7 Å². The average molecular weight is 292 g/mol. The normalized spacial score (nSPS) is 15.0. The molecule has 0 aromatic carbocycles. The van der Waals surface area contributed by atoms with Gasteiger partial charge in [-0.2, -0.15) is 0 Å². The lowest BCUT2D eigenvalue weighted by molar-refractivity contribution is 0.220. The standard InChI is InChI=1S/C16H28N4O/c1-4-8-17-13-10-14(18-11-16(2,3)7-9-21)20-15(19-13)12-5-6-12/h10,12,21H,4-9,11H2,1-3H3,(H2,17,18,19,20). The van der Waals surface area contributed by atoms with Crippen molar-refractivity contribution in [2.24, 2.45) is 5.41 Å². The molecule has 2 rings (SSSR count). The monoisotopic (exact) mass is 292 g/mol. The number of hydrogen-bond acceptors (Lipinski definition) is 5. The SMILES string of the molecule is CCCNc1cc(NCC(C)(C)CCO)nc(C2CC2)n1. The number of nitrogens with zero attached hydrogens (tertiary/aromatic N) is 2. The average Bonchev–Trinajstić information content (AvgIpc) is 3.27. The molecule has 1 aromatic rings. The van der Waals surface area contributed by atoms with Gasteiger partial charge in [0.15, 0.2) is 0 Å². The van der Waals surface area contributed by atoms with Crippen molar-refractivity contribution >= 4 is 11.6 Å². The maximum atomic E-state index is 9.10. The van der Waals surface area contributed by atoms with E-state index in [9.17, 15) is 0 Å². The second-order valence-electron chi connectivity index (χ2n) is 6.69. The Labute approximate surface area is 127 Å². The van der Waals surface area contributed by atoms with E-state index in [4.69, 9.17) is 5.11 Å². The number of hydrogen-bond donors (Lipinski definition) is 3. The summed E-state index contributed by atoms with van der Waals surface area (Å²) < 4.78 is 0. The molecule has 0 spiro atoms. The first-order valence-corrected chi connectivity index (χ1v) is 8.01. The van der Waals surface area contributed by atoms with Gasteiger partial charge in [-0.05, 0) is 31.1 Å². The number of nitrogens with one attached hydrogen (secondary N) is 2. The maximum Gasteiger partial charge on any atom is 0.136 e. The van der Waals surface area contributed by atoms with Crippen molar-refractivity contribution in [2.75, 3.05) is 30.3 Å². The Hall–Kier alpha value is -1.36. The van der Waals surface area contributed by atoms with E-state index in [0.717, 1.165) is 43.4 Å². The van der Waals surface area contributed by atoms with Crippen molar-refractivity contribution in [3.05, 3.63) is 11.9 Å². The topological polar surface area (TPSA) is 70.1 Å². The zero-order valence-corrected chi connectivity index (χ0v) is 13.4. The Kier molecular flexibility index (Phi) is 5.39. The molecule has 0 bridgehead atoms. The first-order chi connectivity index (χ1) is 10.0. The van der Waals surface area contributed by atoms with Gasteiger partial charge in [-0.25, -0.2) is 9.97 Å². The Morgan fingerprint density at radius 1 is 1.24 bits per heavy atom. The minimum atomic E-state index is 0.0520. The summed E-state index contributed by atoms with van der Waals surface area (Å²) in [6.07, 6.45) is 4.26. The smallest absolute Gasteiger partial charge is 0.136 e. The fourth-order valence-electron chi connectivity index (χ4n) is 2.15. The van der Waals surface area contributed by atoms with E-state index in [1.165, 1.54) is 12.8 Å². The van der Waals surface area contributed by atoms with Gasteiger partial charge in [0.05, 0.1) is 0 Å². The third-order valence-electron chi connectivity index (χ3n) is 3.78. The zero-order chi connectivity index (χ0) is 15.3. The molecular weight excluding hydrogens is 264 g/mol. The molecular formula is C16H28N4O. The van der Waals surface area contributed by atoms with E-state index in [-0.39, 0.29) is 12.0 Å². The molecule has 1 fully saturated rings. The molecule has 1 saturated carbocycles. The van der Waals surface area contributed by atoms with Gasteiger partial charge in [0.25, 0.3) is 0 Å². The molecule has 5 nitrogen and oxygen atoms in total. The second kappa shape index (κ2) is 7.07. The third kappa shape index (κ3) is 5.16. The van der Waals surface area contributed by atoms with Crippen LogP contribution in [0.3, 0.4) is 0 Å². The number of aliphatic hydroxyl groups is 1. The summed E-state index contributed by atoms with van der Waals surface area (Å²) in [6, 6.07) is 1.98. The maximum absolute atomic E-state index is 9.10.